The van der Waals surface area contributed by atoms with Gasteiger partial charge in [0.25, 0.3) is 5.63 Å². The largest absolute Gasteiger partial charge is 3.00 e. The first-order valence-electron chi connectivity index (χ1n) is 5.09. The van der Waals surface area contributed by atoms with Gasteiger partial charge >= 0.3 is 32.7 Å². The Labute approximate surface area is 120 Å². The fourth-order valence-corrected chi connectivity index (χ4v) is 1.72. The maximum absolute atomic E-state index is 11.2. The van der Waals surface area contributed by atoms with E-state index in [0.717, 1.165) is 23.8 Å². The fraction of sp³-hybridized carbons (Fsp3) is 0.231. The summed E-state index contributed by atoms with van der Waals surface area (Å²) in [6.45, 7) is 5.95. The Balaban J connectivity index is 0.00000128. The molecule has 0 bridgehead atoms. The van der Waals surface area contributed by atoms with Crippen molar-refractivity contribution in [3.05, 3.63) is 52.7 Å². The van der Waals surface area contributed by atoms with Crippen molar-refractivity contribution < 1.29 is 37.1 Å². The summed E-state index contributed by atoms with van der Waals surface area (Å²) in [6, 6.07) is 7.36. The van der Waals surface area contributed by atoms with Crippen LogP contribution in [-0.4, -0.2) is 0 Å². The minimum atomic E-state index is -0.332. The maximum Gasteiger partial charge on any atom is 3.00 e. The molecule has 0 unspecified atom stereocenters. The van der Waals surface area contributed by atoms with E-state index in [9.17, 15) is 4.79 Å². The molecule has 0 amide bonds. The first kappa shape index (κ1) is 13.5. The van der Waals surface area contributed by atoms with Crippen LogP contribution >= 0.6 is 0 Å². The van der Waals surface area contributed by atoms with E-state index in [0.29, 0.717) is 5.58 Å². The van der Waals surface area contributed by atoms with Gasteiger partial charge in [0, 0.05) is 0 Å². The van der Waals surface area contributed by atoms with Crippen LogP contribution in [0.4, 0.5) is 0 Å². The van der Waals surface area contributed by atoms with Crippen LogP contribution in [0.5, 0.6) is 0 Å². The molecular weight excluding hydrogens is 277 g/mol. The molecule has 0 aliphatic heterocycles. The monoisotopic (exact) mass is 290 g/mol. The van der Waals surface area contributed by atoms with E-state index in [1.807, 2.05) is 12.1 Å². The molecule has 1 aromatic carbocycles. The molecule has 0 saturated carbocycles. The van der Waals surface area contributed by atoms with Gasteiger partial charge in [-0.3, -0.25) is 4.79 Å². The van der Waals surface area contributed by atoms with E-state index >= 15 is 0 Å². The van der Waals surface area contributed by atoms with E-state index in [1.165, 1.54) is 11.6 Å². The molecule has 0 radical (unpaired) electrons. The zero-order chi connectivity index (χ0) is 10.8. The van der Waals surface area contributed by atoms with Crippen molar-refractivity contribution in [2.75, 3.05) is 0 Å². The summed E-state index contributed by atoms with van der Waals surface area (Å²) in [5.41, 5.74) is 2.22. The number of benzene rings is 1. The molecule has 3 heteroatoms. The molecule has 0 saturated heterocycles. The number of hydrogen-bond donors (Lipinski definition) is 0. The van der Waals surface area contributed by atoms with Gasteiger partial charge in [-0.25, -0.2) is 0 Å². The van der Waals surface area contributed by atoms with E-state index in [2.05, 4.69) is 19.9 Å². The van der Waals surface area contributed by atoms with Crippen LogP contribution < -0.4 is 5.63 Å². The summed E-state index contributed by atoms with van der Waals surface area (Å²) in [5, 5.41) is 0.912. The Kier molecular flexibility index (Phi) is 4.76. The van der Waals surface area contributed by atoms with Crippen LogP contribution in [0.1, 0.15) is 24.5 Å². The smallest absolute Gasteiger partial charge is 0.445 e. The van der Waals surface area contributed by atoms with Gasteiger partial charge in [-0.2, -0.15) is 12.5 Å². The fourth-order valence-electron chi connectivity index (χ4n) is 1.72. The zero-order valence-electron chi connectivity index (χ0n) is 9.32. The first-order chi connectivity index (χ1) is 7.20. The molecule has 0 fully saturated rings. The second kappa shape index (κ2) is 5.65. The molecule has 2 rings (SSSR count). The minimum absolute atomic E-state index is 0. The second-order valence-electron chi connectivity index (χ2n) is 3.67. The summed E-state index contributed by atoms with van der Waals surface area (Å²) in [7, 11) is 0. The van der Waals surface area contributed by atoms with Gasteiger partial charge in [0.1, 0.15) is 0 Å². The molecule has 0 aliphatic carbocycles. The molecule has 0 atom stereocenters. The van der Waals surface area contributed by atoms with Crippen LogP contribution in [0.3, 0.4) is 0 Å². The molecule has 0 aliphatic rings. The topological polar surface area (TPSA) is 30.2 Å². The van der Waals surface area contributed by atoms with Crippen LogP contribution in [0, 0.1) is 6.92 Å². The summed E-state index contributed by atoms with van der Waals surface area (Å²) < 4.78 is 5.13. The predicted octanol–water partition coefficient (Wildman–Crippen LogP) is 2.93. The van der Waals surface area contributed by atoms with Gasteiger partial charge in [0.2, 0.25) is 0 Å². The van der Waals surface area contributed by atoms with Crippen LogP contribution in [0.15, 0.2) is 33.5 Å². The Hall–Kier alpha value is -0.596. The molecule has 78 valence electrons. The van der Waals surface area contributed by atoms with Gasteiger partial charge in [0.05, 0.1) is 5.58 Å². The number of rotatable bonds is 2. The second-order valence-corrected chi connectivity index (χ2v) is 3.67. The normalized spacial score (nSPS) is 10.1. The van der Waals surface area contributed by atoms with Crippen molar-refractivity contribution in [2.45, 2.75) is 19.8 Å². The Morgan fingerprint density at radius 3 is 2.75 bits per heavy atom. The predicted molar refractivity (Wildman–Crippen MR) is 60.9 cm³/mol. The first-order valence-corrected chi connectivity index (χ1v) is 5.09. The van der Waals surface area contributed by atoms with Crippen LogP contribution in [0.2, 0.25) is 0 Å². The molecule has 2 aromatic rings. The molecule has 0 spiro atoms. The minimum Gasteiger partial charge on any atom is -0.445 e. The average molecular weight is 290 g/mol. The van der Waals surface area contributed by atoms with E-state index in [4.69, 9.17) is 4.42 Å². The van der Waals surface area contributed by atoms with Crippen molar-refractivity contribution >= 4 is 11.0 Å². The SMILES string of the molecule is [CH2-]c1cc(=O)oc2cc(CCC)ccc12.[Y+3]. The van der Waals surface area contributed by atoms with Crippen molar-refractivity contribution in [1.82, 2.24) is 0 Å². The molecule has 1 aromatic heterocycles. The Morgan fingerprint density at radius 1 is 1.31 bits per heavy atom. The van der Waals surface area contributed by atoms with Gasteiger partial charge < -0.3 is 4.42 Å². The van der Waals surface area contributed by atoms with Crippen molar-refractivity contribution in [1.29, 1.82) is 0 Å². The zero-order valence-corrected chi connectivity index (χ0v) is 12.2. The molecule has 16 heavy (non-hydrogen) atoms. The Morgan fingerprint density at radius 2 is 2.06 bits per heavy atom. The number of aryl methyl sites for hydroxylation is 1. The van der Waals surface area contributed by atoms with Gasteiger partial charge in [-0.15, -0.1) is 6.07 Å². The van der Waals surface area contributed by atoms with Crippen molar-refractivity contribution in [2.24, 2.45) is 0 Å². The molecule has 0 N–H and O–H groups in total. The third-order valence-electron chi connectivity index (χ3n) is 2.43. The average Bonchev–Trinajstić information content (AvgIpc) is 2.17. The molecule has 2 nitrogen and oxygen atoms in total. The quantitative estimate of drug-likeness (QED) is 0.629. The summed E-state index contributed by atoms with van der Waals surface area (Å²) in [4.78, 5) is 11.2. The van der Waals surface area contributed by atoms with Gasteiger partial charge in [-0.1, -0.05) is 30.9 Å². The van der Waals surface area contributed by atoms with Crippen LogP contribution in [-0.2, 0) is 39.1 Å². The summed E-state index contributed by atoms with van der Waals surface area (Å²) >= 11 is 0. The number of hydrogen-bond acceptors (Lipinski definition) is 2. The summed E-state index contributed by atoms with van der Waals surface area (Å²) in [6.07, 6.45) is 2.08. The van der Waals surface area contributed by atoms with Gasteiger partial charge in [0.15, 0.2) is 0 Å². The van der Waals surface area contributed by atoms with E-state index in [-0.39, 0.29) is 38.3 Å². The Bertz CT molecular complexity index is 543. The third-order valence-corrected chi connectivity index (χ3v) is 2.43. The van der Waals surface area contributed by atoms with Crippen LogP contribution in [0.25, 0.3) is 11.0 Å². The third kappa shape index (κ3) is 2.75. The van der Waals surface area contributed by atoms with Gasteiger partial charge in [-0.05, 0) is 18.1 Å². The summed E-state index contributed by atoms with van der Waals surface area (Å²) in [5.74, 6) is 0. The van der Waals surface area contributed by atoms with Crippen molar-refractivity contribution in [3.8, 4) is 0 Å². The standard InChI is InChI=1S/C13H13O2.Y/c1-3-4-10-5-6-11-9(2)7-13(14)15-12(11)8-10;/h5-8H,2-4H2,1H3;/q-1;+3. The maximum atomic E-state index is 11.2. The number of fused-ring (bicyclic) bond motifs is 1. The van der Waals surface area contributed by atoms with E-state index in [1.54, 1.807) is 0 Å². The molecular formula is C13H13O2Y+2. The van der Waals surface area contributed by atoms with Crippen molar-refractivity contribution in [3.63, 3.8) is 0 Å². The molecule has 1 heterocycles. The van der Waals surface area contributed by atoms with E-state index < -0.39 is 0 Å².